The smallest absolute Gasteiger partial charge is 0.136 e. The zero-order chi connectivity index (χ0) is 59.3. The van der Waals surface area contributed by atoms with Gasteiger partial charge in [-0.15, -0.1) is 0 Å². The highest BCUT2D eigenvalue weighted by atomic mass is 16.3. The van der Waals surface area contributed by atoms with E-state index in [0.29, 0.717) is 0 Å². The van der Waals surface area contributed by atoms with Gasteiger partial charge in [0.2, 0.25) is 0 Å². The fourth-order valence-corrected chi connectivity index (χ4v) is 8.30. The maximum absolute atomic E-state index is 10.0. The minimum atomic E-state index is -0.940. The average Bonchev–Trinajstić information content (AvgIpc) is 2.27. The molecule has 0 spiro atoms. The maximum Gasteiger partial charge on any atom is 0.136 e. The van der Waals surface area contributed by atoms with E-state index >= 15 is 0 Å². The Hall–Kier alpha value is -7.94. The van der Waals surface area contributed by atoms with E-state index in [1.165, 1.54) is 0 Å². The minimum absolute atomic E-state index is 0.0522. The van der Waals surface area contributed by atoms with Crippen LogP contribution < -0.4 is 0 Å². The lowest BCUT2D eigenvalue weighted by atomic mass is 9.85. The van der Waals surface area contributed by atoms with Crippen molar-refractivity contribution in [2.75, 3.05) is 0 Å². The van der Waals surface area contributed by atoms with Crippen LogP contribution in [0.3, 0.4) is 0 Å². The van der Waals surface area contributed by atoms with Gasteiger partial charge in [0.1, 0.15) is 22.3 Å². The van der Waals surface area contributed by atoms with Crippen LogP contribution >= 0.6 is 0 Å². The molecule has 2 aromatic heterocycles. The lowest BCUT2D eigenvalue weighted by Crippen LogP contribution is -1.91. The summed E-state index contributed by atoms with van der Waals surface area (Å²) in [4.78, 5) is 0. The molecule has 11 aromatic carbocycles. The second-order valence-electron chi connectivity index (χ2n) is 14.1. The van der Waals surface area contributed by atoms with Crippen LogP contribution in [0.5, 0.6) is 0 Å². The van der Waals surface area contributed by atoms with E-state index in [0.717, 1.165) is 21.9 Å². The summed E-state index contributed by atoms with van der Waals surface area (Å²) < 4.78 is 224. The van der Waals surface area contributed by atoms with E-state index in [1.54, 1.807) is 24.3 Å². The van der Waals surface area contributed by atoms with Crippen LogP contribution in [0.15, 0.2) is 215 Å². The molecule has 0 aliphatic heterocycles. The normalized spacial score (nSPS) is 17.4. The molecule has 0 amide bonds. The molecule has 0 radical (unpaired) electrons. The van der Waals surface area contributed by atoms with Gasteiger partial charge in [0.05, 0.1) is 31.5 Å². The molecule has 0 aliphatic rings. The second-order valence-corrected chi connectivity index (χ2v) is 14.1. The lowest BCUT2D eigenvalue weighted by molar-refractivity contribution is 0.663. The van der Waals surface area contributed by atoms with Crippen LogP contribution in [-0.4, -0.2) is 0 Å². The topological polar surface area (TPSA) is 26.3 Å². The summed E-state index contributed by atoms with van der Waals surface area (Å²) in [6, 6.07) is 2.68. The molecular formula is C58H34O2. The summed E-state index contributed by atoms with van der Waals surface area (Å²) in [5, 5.41) is -1.79. The summed E-state index contributed by atoms with van der Waals surface area (Å²) in [5.74, 6) is 0. The Kier molecular flexibility index (Phi) is 3.81. The lowest BCUT2D eigenvalue weighted by Gasteiger charge is -2.18. The largest absolute Gasteiger partial charge is 0.456 e. The molecule has 0 bridgehead atoms. The highest BCUT2D eigenvalue weighted by Crippen LogP contribution is 2.46. The van der Waals surface area contributed by atoms with Gasteiger partial charge >= 0.3 is 0 Å². The first-order valence-corrected chi connectivity index (χ1v) is 18.7. The standard InChI is InChI=1S/C58H34O2/c1-2-14-41-35(11-1)12-9-20-42(41)36-23-25-37(26-24-36)55-45-15-3-5-17-47(45)56(48-18-6-4-16-46(48)55)40-28-29-44-38(33-40)13-10-21-43(44)39-27-30-50-54(34-39)60-53-32-31-52-57(58(50)53)49-19-7-8-22-51(49)59-52/h1-34H/i3D,4D,5D,6D,7D,8D,10D,13D,15D,16D,17D,18D,19D,21D,22D,27D,28D,29D,30D,31D,32D,33D,34D. The first kappa shape index (κ1) is 17.9. The molecule has 2 heteroatoms. The van der Waals surface area contributed by atoms with Gasteiger partial charge in [-0.2, -0.15) is 0 Å². The number of para-hydroxylation sites is 1. The maximum atomic E-state index is 10.0. The van der Waals surface area contributed by atoms with E-state index in [-0.39, 0.29) is 54.6 Å². The minimum Gasteiger partial charge on any atom is -0.456 e. The number of fused-ring (bicyclic) bond motifs is 11. The fourth-order valence-electron chi connectivity index (χ4n) is 8.30. The van der Waals surface area contributed by atoms with Crippen LogP contribution in [0.4, 0.5) is 0 Å². The number of hydrogen-bond donors (Lipinski definition) is 0. The molecule has 0 saturated carbocycles. The molecule has 13 rings (SSSR count). The Morgan fingerprint density at radius 3 is 1.63 bits per heavy atom. The Morgan fingerprint density at radius 1 is 0.300 bits per heavy atom. The van der Waals surface area contributed by atoms with Crippen molar-refractivity contribution in [1.82, 2.24) is 0 Å². The van der Waals surface area contributed by atoms with Crippen molar-refractivity contribution < 1.29 is 40.4 Å². The van der Waals surface area contributed by atoms with Crippen molar-refractivity contribution in [2.45, 2.75) is 0 Å². The van der Waals surface area contributed by atoms with Gasteiger partial charge < -0.3 is 8.83 Å². The molecule has 0 aliphatic carbocycles. The third-order valence-electron chi connectivity index (χ3n) is 10.9. The van der Waals surface area contributed by atoms with E-state index in [2.05, 4.69) is 0 Å². The Labute approximate surface area is 377 Å². The van der Waals surface area contributed by atoms with Crippen molar-refractivity contribution in [3.05, 3.63) is 206 Å². The first-order chi connectivity index (χ1) is 39.3. The van der Waals surface area contributed by atoms with Crippen molar-refractivity contribution in [3.63, 3.8) is 0 Å². The average molecular weight is 786 g/mol. The molecule has 0 saturated heterocycles. The van der Waals surface area contributed by atoms with Gasteiger partial charge in [-0.1, -0.05) is 169 Å². The molecule has 2 heterocycles. The summed E-state index contributed by atoms with van der Waals surface area (Å²) in [7, 11) is 0. The van der Waals surface area contributed by atoms with Crippen molar-refractivity contribution in [1.29, 1.82) is 0 Å². The third kappa shape index (κ3) is 4.88. The predicted molar refractivity (Wildman–Crippen MR) is 253 cm³/mol. The van der Waals surface area contributed by atoms with Crippen LogP contribution in [-0.2, 0) is 0 Å². The van der Waals surface area contributed by atoms with E-state index < -0.39 is 194 Å². The Balaban J connectivity index is 1.14. The van der Waals surface area contributed by atoms with Crippen LogP contribution in [0.2, 0.25) is 0 Å². The predicted octanol–water partition coefficient (Wildman–Crippen LogP) is 16.8. The molecule has 278 valence electrons. The van der Waals surface area contributed by atoms with E-state index in [9.17, 15) is 17.8 Å². The van der Waals surface area contributed by atoms with Crippen molar-refractivity contribution in [3.8, 4) is 44.5 Å². The molecule has 13 aromatic rings. The number of furan rings is 2. The number of hydrogen-bond acceptors (Lipinski definition) is 2. The van der Waals surface area contributed by atoms with E-state index in [4.69, 9.17) is 22.5 Å². The molecule has 0 fully saturated rings. The monoisotopic (exact) mass is 785 g/mol. The zero-order valence-electron chi connectivity index (χ0n) is 53.7. The number of benzene rings is 11. The molecule has 0 N–H and O–H groups in total. The Morgan fingerprint density at radius 2 is 0.883 bits per heavy atom. The van der Waals surface area contributed by atoms with Crippen molar-refractivity contribution >= 4 is 87.0 Å². The van der Waals surface area contributed by atoms with Gasteiger partial charge in [-0.3, -0.25) is 0 Å². The highest BCUT2D eigenvalue weighted by molar-refractivity contribution is 6.26. The summed E-state index contributed by atoms with van der Waals surface area (Å²) >= 11 is 0. The zero-order valence-corrected chi connectivity index (χ0v) is 30.7. The quantitative estimate of drug-likeness (QED) is 0.166. The van der Waals surface area contributed by atoms with Crippen LogP contribution in [0.25, 0.3) is 131 Å². The molecule has 0 unspecified atom stereocenters. The third-order valence-corrected chi connectivity index (χ3v) is 10.9. The van der Waals surface area contributed by atoms with Gasteiger partial charge in [0.25, 0.3) is 0 Å². The molecule has 60 heavy (non-hydrogen) atoms. The fraction of sp³-hybridized carbons (Fsp3) is 0. The number of rotatable bonds is 4. The summed E-state index contributed by atoms with van der Waals surface area (Å²) in [6.45, 7) is 0. The summed E-state index contributed by atoms with van der Waals surface area (Å²) in [6.07, 6.45) is 0. The first-order valence-electron chi connectivity index (χ1n) is 30.2. The molecular weight excluding hydrogens is 729 g/mol. The second kappa shape index (κ2) is 12.8. The van der Waals surface area contributed by atoms with Crippen LogP contribution in [0, 0.1) is 0 Å². The van der Waals surface area contributed by atoms with Gasteiger partial charge in [-0.25, -0.2) is 0 Å². The van der Waals surface area contributed by atoms with Gasteiger partial charge in [0.15, 0.2) is 0 Å². The van der Waals surface area contributed by atoms with E-state index in [1.807, 2.05) is 42.5 Å². The Bertz CT molecular complexity index is 5150. The van der Waals surface area contributed by atoms with Crippen LogP contribution in [0.1, 0.15) is 31.5 Å². The molecule has 0 atom stereocenters. The molecule has 2 nitrogen and oxygen atoms in total. The van der Waals surface area contributed by atoms with Crippen molar-refractivity contribution in [2.24, 2.45) is 0 Å². The van der Waals surface area contributed by atoms with Gasteiger partial charge in [0, 0.05) is 21.5 Å². The SMILES string of the molecule is [2H]c1c([2H])c([2H])c2c(oc3c([2H])c([2H])c4oc5c([2H])c(-c6c([2H])c([2H])c([2H])c7c([2H])c(-c8c9c([2H])c([2H])c([2H])c([2H])c9c(-c9ccc(-c%10cccc%11ccccc%10%11)cc9)c9c([2H])c([2H])c([2H])c([2H])c89)c([2H])c([2H])c67)c([2H])c([2H])c5c4c32)c1[2H]. The highest BCUT2D eigenvalue weighted by Gasteiger charge is 2.19. The summed E-state index contributed by atoms with van der Waals surface area (Å²) in [5.41, 5.74) is -2.48. The van der Waals surface area contributed by atoms with Gasteiger partial charge in [-0.05, 0) is 124 Å².